The summed E-state index contributed by atoms with van der Waals surface area (Å²) in [7, 11) is -1.62. The first kappa shape index (κ1) is 12.4. The van der Waals surface area contributed by atoms with E-state index >= 15 is 0 Å². The average molecular weight is 235 g/mol. The Balaban J connectivity index is 2.61. The number of hydrogen-bond acceptors (Lipinski definition) is 4. The summed E-state index contributed by atoms with van der Waals surface area (Å²) in [5.41, 5.74) is 5.26. The molecule has 1 heterocycles. The van der Waals surface area contributed by atoms with Crippen LogP contribution in [0, 0.1) is 0 Å². The van der Waals surface area contributed by atoms with Gasteiger partial charge in [0.15, 0.2) is 0 Å². The lowest BCUT2D eigenvalue weighted by Crippen LogP contribution is -2.51. The summed E-state index contributed by atoms with van der Waals surface area (Å²) in [4.78, 5) is 12.9. The van der Waals surface area contributed by atoms with E-state index in [4.69, 9.17) is 5.73 Å². The average Bonchev–Trinajstić information content (AvgIpc) is 2.19. The second-order valence-electron chi connectivity index (χ2n) is 3.61. The Kier molecular flexibility index (Phi) is 4.06. The number of sulfonamides is 1. The standard InChI is InChI=1S/C8H17N3O3S/c1-10-4-5-11(7-8(10)12)15(13,14)6-2-3-9/h2-7,9H2,1H3. The van der Waals surface area contributed by atoms with Gasteiger partial charge in [-0.2, -0.15) is 4.31 Å². The number of piperazine rings is 1. The molecule has 0 spiro atoms. The zero-order chi connectivity index (χ0) is 11.5. The van der Waals surface area contributed by atoms with E-state index in [9.17, 15) is 13.2 Å². The molecule has 0 saturated carbocycles. The van der Waals surface area contributed by atoms with Crippen LogP contribution in [0.4, 0.5) is 0 Å². The van der Waals surface area contributed by atoms with E-state index in [1.807, 2.05) is 0 Å². The van der Waals surface area contributed by atoms with Crippen LogP contribution in [0.2, 0.25) is 0 Å². The minimum atomic E-state index is -3.30. The quantitative estimate of drug-likeness (QED) is 0.638. The summed E-state index contributed by atoms with van der Waals surface area (Å²) in [6, 6.07) is 0. The van der Waals surface area contributed by atoms with Crippen molar-refractivity contribution in [2.45, 2.75) is 6.42 Å². The van der Waals surface area contributed by atoms with E-state index in [0.29, 0.717) is 26.1 Å². The van der Waals surface area contributed by atoms with Crippen LogP contribution in [0.3, 0.4) is 0 Å². The van der Waals surface area contributed by atoms with Gasteiger partial charge in [0.2, 0.25) is 15.9 Å². The Labute approximate surface area is 90.1 Å². The van der Waals surface area contributed by atoms with E-state index < -0.39 is 10.0 Å². The van der Waals surface area contributed by atoms with Crippen LogP contribution in [0.25, 0.3) is 0 Å². The molecule has 1 fully saturated rings. The van der Waals surface area contributed by atoms with Crippen molar-refractivity contribution in [2.24, 2.45) is 5.73 Å². The highest BCUT2D eigenvalue weighted by molar-refractivity contribution is 7.89. The Hall–Kier alpha value is -0.660. The van der Waals surface area contributed by atoms with E-state index in [-0.39, 0.29) is 18.2 Å². The molecule has 1 aliphatic heterocycles. The van der Waals surface area contributed by atoms with Crippen LogP contribution in [-0.4, -0.2) is 62.5 Å². The molecule has 7 heteroatoms. The highest BCUT2D eigenvalue weighted by Gasteiger charge is 2.29. The summed E-state index contributed by atoms with van der Waals surface area (Å²) < 4.78 is 24.6. The predicted molar refractivity (Wildman–Crippen MR) is 56.7 cm³/mol. The molecule has 0 aromatic rings. The first-order valence-corrected chi connectivity index (χ1v) is 6.50. The van der Waals surface area contributed by atoms with Crippen LogP contribution in [0.5, 0.6) is 0 Å². The minimum absolute atomic E-state index is 0.0283. The number of amides is 1. The fraction of sp³-hybridized carbons (Fsp3) is 0.875. The number of nitrogens with two attached hydrogens (primary N) is 1. The van der Waals surface area contributed by atoms with Crippen molar-refractivity contribution in [1.82, 2.24) is 9.21 Å². The molecule has 1 amide bonds. The summed E-state index contributed by atoms with van der Waals surface area (Å²) in [5, 5.41) is 0. The first-order valence-electron chi connectivity index (χ1n) is 4.89. The predicted octanol–water partition coefficient (Wildman–Crippen LogP) is -1.56. The van der Waals surface area contributed by atoms with Gasteiger partial charge in [-0.25, -0.2) is 8.42 Å². The monoisotopic (exact) mass is 235 g/mol. The van der Waals surface area contributed by atoms with Crippen LogP contribution in [-0.2, 0) is 14.8 Å². The van der Waals surface area contributed by atoms with Crippen molar-refractivity contribution in [2.75, 3.05) is 39.0 Å². The van der Waals surface area contributed by atoms with Crippen LogP contribution in [0.15, 0.2) is 0 Å². The molecule has 1 saturated heterocycles. The Morgan fingerprint density at radius 2 is 2.07 bits per heavy atom. The van der Waals surface area contributed by atoms with Gasteiger partial charge in [0.05, 0.1) is 12.3 Å². The van der Waals surface area contributed by atoms with Crippen molar-refractivity contribution in [3.8, 4) is 0 Å². The molecule has 0 bridgehead atoms. The molecule has 0 aromatic heterocycles. The third-order valence-corrected chi connectivity index (χ3v) is 4.33. The summed E-state index contributed by atoms with van der Waals surface area (Å²) in [5.74, 6) is -0.127. The molecule has 2 N–H and O–H groups in total. The van der Waals surface area contributed by atoms with Crippen LogP contribution < -0.4 is 5.73 Å². The third-order valence-electron chi connectivity index (χ3n) is 2.42. The van der Waals surface area contributed by atoms with E-state index in [0.717, 1.165) is 0 Å². The molecule has 0 unspecified atom stereocenters. The molecule has 15 heavy (non-hydrogen) atoms. The maximum absolute atomic E-state index is 11.7. The SMILES string of the molecule is CN1CCN(S(=O)(=O)CCCN)CC1=O. The molecule has 1 rings (SSSR count). The summed E-state index contributed by atoms with van der Waals surface area (Å²) >= 11 is 0. The van der Waals surface area contributed by atoms with Crippen molar-refractivity contribution < 1.29 is 13.2 Å². The van der Waals surface area contributed by atoms with Gasteiger partial charge >= 0.3 is 0 Å². The van der Waals surface area contributed by atoms with Gasteiger partial charge in [0.1, 0.15) is 0 Å². The smallest absolute Gasteiger partial charge is 0.237 e. The molecular weight excluding hydrogens is 218 g/mol. The van der Waals surface area contributed by atoms with E-state index in [1.165, 1.54) is 9.21 Å². The van der Waals surface area contributed by atoms with Crippen molar-refractivity contribution in [3.05, 3.63) is 0 Å². The van der Waals surface area contributed by atoms with Gasteiger partial charge < -0.3 is 10.6 Å². The van der Waals surface area contributed by atoms with Gasteiger partial charge in [0.25, 0.3) is 0 Å². The van der Waals surface area contributed by atoms with Crippen molar-refractivity contribution in [3.63, 3.8) is 0 Å². The lowest BCUT2D eigenvalue weighted by atomic mass is 10.4. The zero-order valence-electron chi connectivity index (χ0n) is 8.85. The highest BCUT2D eigenvalue weighted by atomic mass is 32.2. The second kappa shape index (κ2) is 4.91. The number of hydrogen-bond donors (Lipinski definition) is 1. The third kappa shape index (κ3) is 3.15. The number of carbonyl (C=O) groups excluding carboxylic acids is 1. The van der Waals surface area contributed by atoms with Crippen LogP contribution >= 0.6 is 0 Å². The molecule has 0 aromatic carbocycles. The maximum atomic E-state index is 11.7. The summed E-state index contributed by atoms with van der Waals surface area (Å²) in [6.45, 7) is 1.15. The first-order chi connectivity index (χ1) is 6.97. The number of likely N-dealkylation sites (N-methyl/N-ethyl adjacent to an activating group) is 1. The van der Waals surface area contributed by atoms with E-state index in [1.54, 1.807) is 7.05 Å². The fourth-order valence-electron chi connectivity index (χ4n) is 1.37. The Morgan fingerprint density at radius 3 is 2.60 bits per heavy atom. The van der Waals surface area contributed by atoms with Crippen molar-refractivity contribution >= 4 is 15.9 Å². The molecule has 6 nitrogen and oxygen atoms in total. The fourth-order valence-corrected chi connectivity index (χ4v) is 2.83. The normalized spacial score (nSPS) is 19.6. The Bertz CT molecular complexity index is 328. The molecule has 0 atom stereocenters. The van der Waals surface area contributed by atoms with Crippen LogP contribution in [0.1, 0.15) is 6.42 Å². The number of rotatable bonds is 4. The second-order valence-corrected chi connectivity index (χ2v) is 5.70. The molecule has 0 radical (unpaired) electrons. The zero-order valence-corrected chi connectivity index (χ0v) is 9.66. The van der Waals surface area contributed by atoms with Gasteiger partial charge in [0, 0.05) is 20.1 Å². The summed E-state index contributed by atoms with van der Waals surface area (Å²) in [6.07, 6.45) is 0.433. The largest absolute Gasteiger partial charge is 0.343 e. The number of carbonyl (C=O) groups is 1. The molecule has 0 aliphatic carbocycles. The number of nitrogens with zero attached hydrogens (tertiary/aromatic N) is 2. The maximum Gasteiger partial charge on any atom is 0.237 e. The van der Waals surface area contributed by atoms with Gasteiger partial charge in [-0.3, -0.25) is 4.79 Å². The molecular formula is C8H17N3O3S. The topological polar surface area (TPSA) is 83.7 Å². The minimum Gasteiger partial charge on any atom is -0.343 e. The highest BCUT2D eigenvalue weighted by Crippen LogP contribution is 2.08. The molecule has 1 aliphatic rings. The lowest BCUT2D eigenvalue weighted by Gasteiger charge is -2.31. The van der Waals surface area contributed by atoms with Crippen molar-refractivity contribution in [1.29, 1.82) is 0 Å². The van der Waals surface area contributed by atoms with Gasteiger partial charge in [-0.1, -0.05) is 0 Å². The van der Waals surface area contributed by atoms with E-state index in [2.05, 4.69) is 0 Å². The molecule has 88 valence electrons. The lowest BCUT2D eigenvalue weighted by molar-refractivity contribution is -0.132. The Morgan fingerprint density at radius 1 is 1.40 bits per heavy atom. The van der Waals surface area contributed by atoms with Gasteiger partial charge in [-0.15, -0.1) is 0 Å². The van der Waals surface area contributed by atoms with Gasteiger partial charge in [-0.05, 0) is 13.0 Å².